The summed E-state index contributed by atoms with van der Waals surface area (Å²) in [5.74, 6) is -0.666. The molecule has 0 saturated carbocycles. The average Bonchev–Trinajstić information content (AvgIpc) is 2.75. The van der Waals surface area contributed by atoms with Gasteiger partial charge in [-0.05, 0) is 44.1 Å². The van der Waals surface area contributed by atoms with Crippen LogP contribution in [0, 0.1) is 5.41 Å². The summed E-state index contributed by atoms with van der Waals surface area (Å²) in [6.07, 6.45) is 5.87. The third-order valence-corrected chi connectivity index (χ3v) is 5.05. The fraction of sp³-hybridized carbons (Fsp3) is 0.889. The fourth-order valence-electron chi connectivity index (χ4n) is 3.58. The molecule has 138 valence electrons. The van der Waals surface area contributed by atoms with Crippen molar-refractivity contribution in [2.24, 2.45) is 11.1 Å². The maximum atomic E-state index is 12.6. The third-order valence-electron chi connectivity index (χ3n) is 5.05. The van der Waals surface area contributed by atoms with Crippen LogP contribution in [0.15, 0.2) is 0 Å². The van der Waals surface area contributed by atoms with Crippen molar-refractivity contribution in [3.63, 3.8) is 0 Å². The van der Waals surface area contributed by atoms with E-state index >= 15 is 0 Å². The van der Waals surface area contributed by atoms with Gasteiger partial charge in [0.15, 0.2) is 0 Å². The van der Waals surface area contributed by atoms with Gasteiger partial charge in [0.05, 0.1) is 6.10 Å². The van der Waals surface area contributed by atoms with Crippen LogP contribution in [0.25, 0.3) is 0 Å². The molecule has 2 amide bonds. The van der Waals surface area contributed by atoms with Gasteiger partial charge >= 0.3 is 11.8 Å². The van der Waals surface area contributed by atoms with Gasteiger partial charge in [0.2, 0.25) is 0 Å². The first kappa shape index (κ1) is 19.2. The van der Waals surface area contributed by atoms with Crippen molar-refractivity contribution in [2.45, 2.75) is 58.5 Å². The van der Waals surface area contributed by atoms with Crippen molar-refractivity contribution < 1.29 is 14.3 Å². The van der Waals surface area contributed by atoms with Crippen molar-refractivity contribution in [3.8, 4) is 0 Å². The molecule has 2 rings (SSSR count). The lowest BCUT2D eigenvalue weighted by Gasteiger charge is -2.34. The molecule has 0 aromatic carbocycles. The Hall–Kier alpha value is -1.14. The van der Waals surface area contributed by atoms with Crippen molar-refractivity contribution in [1.82, 2.24) is 9.80 Å². The fourth-order valence-corrected chi connectivity index (χ4v) is 3.58. The quantitative estimate of drug-likeness (QED) is 0.620. The van der Waals surface area contributed by atoms with Crippen molar-refractivity contribution in [1.29, 1.82) is 0 Å². The second-order valence-corrected chi connectivity index (χ2v) is 7.85. The molecule has 6 nitrogen and oxygen atoms in total. The normalized spacial score (nSPS) is 22.3. The number of hydrogen-bond donors (Lipinski definition) is 1. The lowest BCUT2D eigenvalue weighted by molar-refractivity contribution is -0.153. The van der Waals surface area contributed by atoms with Gasteiger partial charge in [-0.25, -0.2) is 0 Å². The van der Waals surface area contributed by atoms with Gasteiger partial charge in [0.1, 0.15) is 0 Å². The van der Waals surface area contributed by atoms with Crippen molar-refractivity contribution in [3.05, 3.63) is 0 Å². The molecule has 0 bridgehead atoms. The maximum absolute atomic E-state index is 12.6. The van der Waals surface area contributed by atoms with Crippen LogP contribution >= 0.6 is 0 Å². The summed E-state index contributed by atoms with van der Waals surface area (Å²) >= 11 is 0. The standard InChI is InChI=1S/C18H33N3O3/c1-18(2)8-3-4-10-21(14-18)17(23)16(22)20-11-6-15(7-12-20)24-13-5-9-19/h15H,3-14,19H2,1-2H3. The Morgan fingerprint density at radius 2 is 1.75 bits per heavy atom. The summed E-state index contributed by atoms with van der Waals surface area (Å²) in [6.45, 7) is 8.25. The summed E-state index contributed by atoms with van der Waals surface area (Å²) in [6, 6.07) is 0. The topological polar surface area (TPSA) is 75.9 Å². The minimum Gasteiger partial charge on any atom is -0.378 e. The monoisotopic (exact) mass is 339 g/mol. The van der Waals surface area contributed by atoms with Gasteiger partial charge < -0.3 is 20.3 Å². The lowest BCUT2D eigenvalue weighted by Crippen LogP contribution is -2.50. The number of nitrogens with two attached hydrogens (primary N) is 1. The van der Waals surface area contributed by atoms with E-state index in [0.29, 0.717) is 39.3 Å². The van der Waals surface area contributed by atoms with Gasteiger partial charge in [-0.2, -0.15) is 0 Å². The molecule has 0 unspecified atom stereocenters. The van der Waals surface area contributed by atoms with E-state index in [2.05, 4.69) is 13.8 Å². The first-order valence-corrected chi connectivity index (χ1v) is 9.33. The van der Waals surface area contributed by atoms with Crippen LogP contribution in [0.4, 0.5) is 0 Å². The minimum absolute atomic E-state index is 0.0935. The van der Waals surface area contributed by atoms with Gasteiger partial charge in [-0.15, -0.1) is 0 Å². The van der Waals surface area contributed by atoms with E-state index in [0.717, 1.165) is 38.5 Å². The van der Waals surface area contributed by atoms with E-state index in [-0.39, 0.29) is 23.3 Å². The molecule has 0 atom stereocenters. The number of ether oxygens (including phenoxy) is 1. The zero-order valence-electron chi connectivity index (χ0n) is 15.3. The smallest absolute Gasteiger partial charge is 0.312 e. The van der Waals surface area contributed by atoms with E-state index < -0.39 is 0 Å². The highest BCUT2D eigenvalue weighted by Gasteiger charge is 2.34. The Bertz CT molecular complexity index is 431. The molecule has 0 aromatic rings. The summed E-state index contributed by atoms with van der Waals surface area (Å²) in [7, 11) is 0. The Kier molecular flexibility index (Phi) is 7.04. The van der Waals surface area contributed by atoms with Crippen LogP contribution in [0.3, 0.4) is 0 Å². The highest BCUT2D eigenvalue weighted by Crippen LogP contribution is 2.28. The Morgan fingerprint density at radius 1 is 1.08 bits per heavy atom. The minimum atomic E-state index is -0.340. The molecular formula is C18H33N3O3. The second kappa shape index (κ2) is 8.81. The molecule has 2 N–H and O–H groups in total. The highest BCUT2D eigenvalue weighted by atomic mass is 16.5. The molecule has 2 aliphatic rings. The zero-order chi connectivity index (χ0) is 17.6. The highest BCUT2D eigenvalue weighted by molar-refractivity contribution is 6.34. The number of carbonyl (C=O) groups is 2. The Balaban J connectivity index is 1.82. The first-order valence-electron chi connectivity index (χ1n) is 9.33. The average molecular weight is 339 g/mol. The van der Waals surface area contributed by atoms with Crippen LogP contribution in [-0.4, -0.2) is 67.0 Å². The molecule has 2 heterocycles. The number of likely N-dealkylation sites (tertiary alicyclic amines) is 2. The van der Waals surface area contributed by atoms with E-state index in [4.69, 9.17) is 10.5 Å². The molecule has 0 spiro atoms. The number of amides is 2. The molecule has 2 saturated heterocycles. The molecule has 0 aliphatic carbocycles. The summed E-state index contributed by atoms with van der Waals surface area (Å²) in [5, 5.41) is 0. The van der Waals surface area contributed by atoms with Gasteiger partial charge in [0.25, 0.3) is 0 Å². The number of hydrogen-bond acceptors (Lipinski definition) is 4. The van der Waals surface area contributed by atoms with E-state index in [9.17, 15) is 9.59 Å². The predicted molar refractivity (Wildman–Crippen MR) is 93.4 cm³/mol. The van der Waals surface area contributed by atoms with Crippen LogP contribution in [0.5, 0.6) is 0 Å². The predicted octanol–water partition coefficient (Wildman–Crippen LogP) is 1.38. The van der Waals surface area contributed by atoms with Crippen LogP contribution < -0.4 is 5.73 Å². The second-order valence-electron chi connectivity index (χ2n) is 7.85. The first-order chi connectivity index (χ1) is 11.4. The number of piperidine rings is 1. The van der Waals surface area contributed by atoms with Crippen molar-refractivity contribution in [2.75, 3.05) is 39.3 Å². The SMILES string of the molecule is CC1(C)CCCCN(C(=O)C(=O)N2CCC(OCCCN)CC2)C1. The molecule has 0 aromatic heterocycles. The van der Waals surface area contributed by atoms with Gasteiger partial charge in [0, 0.05) is 32.8 Å². The van der Waals surface area contributed by atoms with Crippen LogP contribution in [0.2, 0.25) is 0 Å². The molecular weight excluding hydrogens is 306 g/mol. The number of carbonyl (C=O) groups excluding carboxylic acids is 2. The van der Waals surface area contributed by atoms with Crippen molar-refractivity contribution >= 4 is 11.8 Å². The summed E-state index contributed by atoms with van der Waals surface area (Å²) in [5.41, 5.74) is 5.56. The largest absolute Gasteiger partial charge is 0.378 e. The maximum Gasteiger partial charge on any atom is 0.312 e. The van der Waals surface area contributed by atoms with E-state index in [1.165, 1.54) is 0 Å². The molecule has 24 heavy (non-hydrogen) atoms. The van der Waals surface area contributed by atoms with Crippen LogP contribution in [0.1, 0.15) is 52.4 Å². The van der Waals surface area contributed by atoms with Gasteiger partial charge in [-0.1, -0.05) is 20.3 Å². The number of nitrogens with zero attached hydrogens (tertiary/aromatic N) is 2. The summed E-state index contributed by atoms with van der Waals surface area (Å²) in [4.78, 5) is 28.6. The zero-order valence-corrected chi connectivity index (χ0v) is 15.3. The Morgan fingerprint density at radius 3 is 2.42 bits per heavy atom. The van der Waals surface area contributed by atoms with Gasteiger partial charge in [-0.3, -0.25) is 9.59 Å². The molecule has 2 fully saturated rings. The lowest BCUT2D eigenvalue weighted by atomic mass is 9.88. The molecule has 6 heteroatoms. The summed E-state index contributed by atoms with van der Waals surface area (Å²) < 4.78 is 5.76. The van der Waals surface area contributed by atoms with E-state index in [1.807, 2.05) is 0 Å². The molecule has 2 aliphatic heterocycles. The number of rotatable bonds is 4. The van der Waals surface area contributed by atoms with E-state index in [1.54, 1.807) is 9.80 Å². The Labute approximate surface area is 145 Å². The third kappa shape index (κ3) is 5.45. The van der Waals surface area contributed by atoms with Crippen LogP contribution in [-0.2, 0) is 14.3 Å². The molecule has 0 radical (unpaired) electrons.